The Balaban J connectivity index is 2.06. The average Bonchev–Trinajstić information content (AvgIpc) is 2.81. The molecule has 1 unspecified atom stereocenters. The van der Waals surface area contributed by atoms with Gasteiger partial charge in [-0.05, 0) is 37.4 Å². The lowest BCUT2D eigenvalue weighted by atomic mass is 10.1. The molecule has 1 atom stereocenters. The van der Waals surface area contributed by atoms with Crippen LogP contribution < -0.4 is 10.0 Å². The van der Waals surface area contributed by atoms with E-state index in [1.807, 2.05) is 31.2 Å². The lowest BCUT2D eigenvalue weighted by Crippen LogP contribution is -2.33. The molecule has 2 rings (SSSR count). The number of hydrogen-bond donors (Lipinski definition) is 2. The Morgan fingerprint density at radius 2 is 2.17 bits per heavy atom. The van der Waals surface area contributed by atoms with Gasteiger partial charge in [-0.25, -0.2) is 8.42 Å². The van der Waals surface area contributed by atoms with E-state index < -0.39 is 10.0 Å². The molecule has 1 aromatic rings. The van der Waals surface area contributed by atoms with E-state index in [0.29, 0.717) is 5.69 Å². The quantitative estimate of drug-likeness (QED) is 0.855. The lowest BCUT2D eigenvalue weighted by Gasteiger charge is -2.14. The monoisotopic (exact) mass is 268 g/mol. The van der Waals surface area contributed by atoms with E-state index in [1.165, 1.54) is 0 Å². The van der Waals surface area contributed by atoms with Gasteiger partial charge in [0, 0.05) is 6.04 Å². The predicted octanol–water partition coefficient (Wildman–Crippen LogP) is 1.74. The number of aryl methyl sites for hydroxylation is 1. The third-order valence-corrected chi connectivity index (χ3v) is 4.62. The fraction of sp³-hybridized carbons (Fsp3) is 0.538. The van der Waals surface area contributed by atoms with Crippen LogP contribution >= 0.6 is 0 Å². The fourth-order valence-electron chi connectivity index (χ4n) is 2.30. The molecule has 1 heterocycles. The first-order valence-corrected chi connectivity index (χ1v) is 8.08. The van der Waals surface area contributed by atoms with Crippen molar-refractivity contribution >= 4 is 15.7 Å². The number of nitrogens with one attached hydrogen (secondary N) is 2. The second kappa shape index (κ2) is 5.71. The van der Waals surface area contributed by atoms with Gasteiger partial charge in [0.2, 0.25) is 10.0 Å². The summed E-state index contributed by atoms with van der Waals surface area (Å²) in [6.45, 7) is 2.94. The SMILES string of the molecule is CCc1ccccc1NS(=O)(=O)CC1CCCN1. The van der Waals surface area contributed by atoms with Crippen LogP contribution in [0.25, 0.3) is 0 Å². The molecule has 2 N–H and O–H groups in total. The highest BCUT2D eigenvalue weighted by atomic mass is 32.2. The van der Waals surface area contributed by atoms with Crippen molar-refractivity contribution < 1.29 is 8.42 Å². The van der Waals surface area contributed by atoms with E-state index in [2.05, 4.69) is 10.0 Å². The highest BCUT2D eigenvalue weighted by Crippen LogP contribution is 2.18. The van der Waals surface area contributed by atoms with Crippen LogP contribution in [0.4, 0.5) is 5.69 Å². The molecular formula is C13H20N2O2S. The Hall–Kier alpha value is -1.07. The standard InChI is InChI=1S/C13H20N2O2S/c1-2-11-6-3-4-8-13(11)15-18(16,17)10-12-7-5-9-14-12/h3-4,6,8,12,14-15H,2,5,7,9-10H2,1H3. The maximum absolute atomic E-state index is 12.1. The summed E-state index contributed by atoms with van der Waals surface area (Å²) in [7, 11) is -3.26. The molecule has 5 heteroatoms. The number of sulfonamides is 1. The van der Waals surface area contributed by atoms with E-state index in [9.17, 15) is 8.42 Å². The van der Waals surface area contributed by atoms with Crippen molar-refractivity contribution in [1.29, 1.82) is 0 Å². The van der Waals surface area contributed by atoms with Crippen LogP contribution in [0.2, 0.25) is 0 Å². The minimum atomic E-state index is -3.26. The van der Waals surface area contributed by atoms with Gasteiger partial charge >= 0.3 is 0 Å². The number of rotatable bonds is 5. The van der Waals surface area contributed by atoms with Crippen LogP contribution in [0.5, 0.6) is 0 Å². The Morgan fingerprint density at radius 3 is 2.83 bits per heavy atom. The van der Waals surface area contributed by atoms with Gasteiger partial charge in [-0.15, -0.1) is 0 Å². The Morgan fingerprint density at radius 1 is 1.39 bits per heavy atom. The number of para-hydroxylation sites is 1. The summed E-state index contributed by atoms with van der Waals surface area (Å²) in [5, 5.41) is 3.21. The smallest absolute Gasteiger partial charge is 0.234 e. The first-order valence-electron chi connectivity index (χ1n) is 6.42. The maximum atomic E-state index is 12.1. The van der Waals surface area contributed by atoms with E-state index in [4.69, 9.17) is 0 Å². The highest BCUT2D eigenvalue weighted by molar-refractivity contribution is 7.92. The summed E-state index contributed by atoms with van der Waals surface area (Å²) >= 11 is 0. The number of hydrogen-bond acceptors (Lipinski definition) is 3. The molecule has 1 aliphatic heterocycles. The topological polar surface area (TPSA) is 58.2 Å². The van der Waals surface area contributed by atoms with Crippen LogP contribution in [-0.4, -0.2) is 26.8 Å². The van der Waals surface area contributed by atoms with Gasteiger partial charge in [-0.1, -0.05) is 25.1 Å². The van der Waals surface area contributed by atoms with E-state index in [1.54, 1.807) is 0 Å². The van der Waals surface area contributed by atoms with Crippen molar-refractivity contribution in [3.8, 4) is 0 Å². The van der Waals surface area contributed by atoms with Gasteiger partial charge in [0.05, 0.1) is 11.4 Å². The fourth-order valence-corrected chi connectivity index (χ4v) is 3.73. The van der Waals surface area contributed by atoms with Gasteiger partial charge in [0.1, 0.15) is 0 Å². The highest BCUT2D eigenvalue weighted by Gasteiger charge is 2.22. The van der Waals surface area contributed by atoms with Crippen molar-refractivity contribution in [2.45, 2.75) is 32.2 Å². The molecule has 100 valence electrons. The molecule has 0 spiro atoms. The average molecular weight is 268 g/mol. The third-order valence-electron chi connectivity index (χ3n) is 3.25. The molecule has 1 saturated heterocycles. The van der Waals surface area contributed by atoms with Gasteiger partial charge in [0.15, 0.2) is 0 Å². The zero-order valence-corrected chi connectivity index (χ0v) is 11.5. The van der Waals surface area contributed by atoms with Crippen molar-refractivity contribution in [3.63, 3.8) is 0 Å². The van der Waals surface area contributed by atoms with E-state index in [0.717, 1.165) is 31.4 Å². The van der Waals surface area contributed by atoms with Gasteiger partial charge < -0.3 is 5.32 Å². The summed E-state index contributed by atoms with van der Waals surface area (Å²) in [6, 6.07) is 7.64. The second-order valence-electron chi connectivity index (χ2n) is 4.69. The van der Waals surface area contributed by atoms with Crippen LogP contribution in [-0.2, 0) is 16.4 Å². The summed E-state index contributed by atoms with van der Waals surface area (Å²) < 4.78 is 26.8. The minimum Gasteiger partial charge on any atom is -0.313 e. The molecule has 1 aliphatic rings. The third kappa shape index (κ3) is 3.46. The van der Waals surface area contributed by atoms with Crippen LogP contribution in [0.15, 0.2) is 24.3 Å². The molecule has 0 aromatic heterocycles. The van der Waals surface area contributed by atoms with Crippen molar-refractivity contribution in [1.82, 2.24) is 5.32 Å². The Bertz CT molecular complexity index is 493. The number of anilines is 1. The second-order valence-corrected chi connectivity index (χ2v) is 6.45. The summed E-state index contributed by atoms with van der Waals surface area (Å²) in [5.74, 6) is 0.158. The molecule has 4 nitrogen and oxygen atoms in total. The molecular weight excluding hydrogens is 248 g/mol. The van der Waals surface area contributed by atoms with Gasteiger partial charge in [-0.3, -0.25) is 4.72 Å². The molecule has 1 aromatic carbocycles. The molecule has 0 radical (unpaired) electrons. The molecule has 18 heavy (non-hydrogen) atoms. The van der Waals surface area contributed by atoms with E-state index in [-0.39, 0.29) is 11.8 Å². The molecule has 0 bridgehead atoms. The van der Waals surface area contributed by atoms with E-state index >= 15 is 0 Å². The van der Waals surface area contributed by atoms with Crippen LogP contribution in [0, 0.1) is 0 Å². The van der Waals surface area contributed by atoms with Gasteiger partial charge in [-0.2, -0.15) is 0 Å². The maximum Gasteiger partial charge on any atom is 0.234 e. The molecule has 0 amide bonds. The normalized spacial score (nSPS) is 19.9. The number of benzene rings is 1. The lowest BCUT2D eigenvalue weighted by molar-refractivity contribution is 0.581. The molecule has 0 aliphatic carbocycles. The van der Waals surface area contributed by atoms with Crippen LogP contribution in [0.3, 0.4) is 0 Å². The summed E-state index contributed by atoms with van der Waals surface area (Å²) in [6.07, 6.45) is 2.82. The van der Waals surface area contributed by atoms with Crippen molar-refractivity contribution in [2.24, 2.45) is 0 Å². The zero-order chi connectivity index (χ0) is 13.0. The first-order chi connectivity index (χ1) is 8.61. The van der Waals surface area contributed by atoms with Crippen LogP contribution in [0.1, 0.15) is 25.3 Å². The Kier molecular flexibility index (Phi) is 4.24. The summed E-state index contributed by atoms with van der Waals surface area (Å²) in [5.41, 5.74) is 1.73. The van der Waals surface area contributed by atoms with Crippen molar-refractivity contribution in [2.75, 3.05) is 17.0 Å². The first kappa shape index (κ1) is 13.4. The predicted molar refractivity (Wildman–Crippen MR) is 74.3 cm³/mol. The minimum absolute atomic E-state index is 0.0938. The largest absolute Gasteiger partial charge is 0.313 e. The van der Waals surface area contributed by atoms with Crippen molar-refractivity contribution in [3.05, 3.63) is 29.8 Å². The zero-order valence-electron chi connectivity index (χ0n) is 10.6. The Labute approximate surface area is 109 Å². The van der Waals surface area contributed by atoms with Gasteiger partial charge in [0.25, 0.3) is 0 Å². The molecule has 0 saturated carbocycles. The summed E-state index contributed by atoms with van der Waals surface area (Å²) in [4.78, 5) is 0. The molecule has 1 fully saturated rings.